The summed E-state index contributed by atoms with van der Waals surface area (Å²) in [7, 11) is 0. The highest BCUT2D eigenvalue weighted by molar-refractivity contribution is 6.32. The smallest absolute Gasteiger partial charge is 0.349 e. The van der Waals surface area contributed by atoms with Crippen LogP contribution < -0.4 is 9.47 Å². The minimum absolute atomic E-state index is 0.234. The Hall–Kier alpha value is -3.64. The summed E-state index contributed by atoms with van der Waals surface area (Å²) in [6.45, 7) is 3.79. The molecule has 2 amide bonds. The molecule has 1 aliphatic rings. The van der Waals surface area contributed by atoms with Gasteiger partial charge in [-0.15, -0.1) is 0 Å². The van der Waals surface area contributed by atoms with Gasteiger partial charge in [-0.25, -0.2) is 4.79 Å². The number of hydrogen-bond donors (Lipinski definition) is 0. The molecule has 0 bridgehead atoms. The van der Waals surface area contributed by atoms with Crippen molar-refractivity contribution in [3.05, 3.63) is 93.5 Å². The largest absolute Gasteiger partial charge is 0.482 e. The van der Waals surface area contributed by atoms with Crippen LogP contribution >= 0.6 is 11.6 Å². The molecule has 0 saturated heterocycles. The zero-order chi connectivity index (χ0) is 23.5. The number of nitrogens with zero attached hydrogens (tertiary/aromatic N) is 1. The predicted octanol–water partition coefficient (Wildman–Crippen LogP) is 4.78. The van der Waals surface area contributed by atoms with Gasteiger partial charge in [0.05, 0.1) is 11.1 Å². The molecule has 0 N–H and O–H groups in total. The molecular formula is C26H22ClNO5. The summed E-state index contributed by atoms with van der Waals surface area (Å²) >= 11 is 6.14. The maximum Gasteiger partial charge on any atom is 0.349 e. The summed E-state index contributed by atoms with van der Waals surface area (Å²) in [4.78, 5) is 38.3. The van der Waals surface area contributed by atoms with Crippen LogP contribution in [0.4, 0.5) is 0 Å². The van der Waals surface area contributed by atoms with Gasteiger partial charge in [0.15, 0.2) is 6.61 Å². The molecule has 168 valence electrons. The molecule has 0 aliphatic carbocycles. The van der Waals surface area contributed by atoms with Crippen molar-refractivity contribution in [3.63, 3.8) is 0 Å². The molecule has 0 fully saturated rings. The first-order valence-corrected chi connectivity index (χ1v) is 10.9. The Morgan fingerprint density at radius 2 is 1.45 bits per heavy atom. The number of imide groups is 1. The monoisotopic (exact) mass is 463 g/mol. The minimum Gasteiger partial charge on any atom is -0.482 e. The van der Waals surface area contributed by atoms with Crippen molar-refractivity contribution >= 4 is 29.4 Å². The fourth-order valence-corrected chi connectivity index (χ4v) is 3.81. The Morgan fingerprint density at radius 3 is 2.03 bits per heavy atom. The van der Waals surface area contributed by atoms with E-state index in [1.165, 1.54) is 4.90 Å². The summed E-state index contributed by atoms with van der Waals surface area (Å²) in [6.07, 6.45) is 0.498. The van der Waals surface area contributed by atoms with E-state index in [2.05, 4.69) is 0 Å². The van der Waals surface area contributed by atoms with Crippen LogP contribution in [0.3, 0.4) is 0 Å². The SMILES string of the molecule is Cc1cc(OCC(=O)Oc2ccc(CCN3C(=O)c4ccccc4C3=O)cc2)cc(C)c1Cl. The van der Waals surface area contributed by atoms with E-state index < -0.39 is 5.97 Å². The van der Waals surface area contributed by atoms with Crippen LogP contribution in [0.5, 0.6) is 11.5 Å². The number of halogens is 1. The Bertz CT molecular complexity index is 1180. The van der Waals surface area contributed by atoms with Crippen LogP contribution in [0.2, 0.25) is 5.02 Å². The molecule has 7 heteroatoms. The van der Waals surface area contributed by atoms with E-state index in [9.17, 15) is 14.4 Å². The fourth-order valence-electron chi connectivity index (χ4n) is 3.70. The topological polar surface area (TPSA) is 72.9 Å². The van der Waals surface area contributed by atoms with Gasteiger partial charge in [0.2, 0.25) is 0 Å². The Kier molecular flexibility index (Phi) is 6.47. The van der Waals surface area contributed by atoms with Gasteiger partial charge in [-0.3, -0.25) is 14.5 Å². The van der Waals surface area contributed by atoms with Crippen LogP contribution in [0.1, 0.15) is 37.4 Å². The second-order valence-corrected chi connectivity index (χ2v) is 8.21. The third-order valence-corrected chi connectivity index (χ3v) is 6.02. The van der Waals surface area contributed by atoms with E-state index in [4.69, 9.17) is 21.1 Å². The lowest BCUT2D eigenvalue weighted by Crippen LogP contribution is -2.31. The lowest BCUT2D eigenvalue weighted by Gasteiger charge is -2.14. The van der Waals surface area contributed by atoms with Crippen LogP contribution in [0, 0.1) is 13.8 Å². The normalized spacial score (nSPS) is 12.6. The van der Waals surface area contributed by atoms with E-state index in [-0.39, 0.29) is 25.0 Å². The Labute approximate surface area is 196 Å². The first-order valence-electron chi connectivity index (χ1n) is 10.5. The van der Waals surface area contributed by atoms with Crippen molar-refractivity contribution in [1.29, 1.82) is 0 Å². The summed E-state index contributed by atoms with van der Waals surface area (Å²) in [6, 6.07) is 17.3. The van der Waals surface area contributed by atoms with Gasteiger partial charge in [0.25, 0.3) is 11.8 Å². The fraction of sp³-hybridized carbons (Fsp3) is 0.192. The van der Waals surface area contributed by atoms with Crippen molar-refractivity contribution in [2.24, 2.45) is 0 Å². The average Bonchev–Trinajstić information content (AvgIpc) is 3.05. The van der Waals surface area contributed by atoms with Crippen molar-refractivity contribution in [1.82, 2.24) is 4.90 Å². The summed E-state index contributed by atoms with van der Waals surface area (Å²) in [5.41, 5.74) is 3.54. The number of amides is 2. The van der Waals surface area contributed by atoms with E-state index >= 15 is 0 Å². The average molecular weight is 464 g/mol. The van der Waals surface area contributed by atoms with Crippen LogP contribution in [-0.4, -0.2) is 35.8 Å². The maximum atomic E-state index is 12.5. The van der Waals surface area contributed by atoms with Crippen molar-refractivity contribution in [2.45, 2.75) is 20.3 Å². The second kappa shape index (κ2) is 9.46. The van der Waals surface area contributed by atoms with Gasteiger partial charge < -0.3 is 9.47 Å². The van der Waals surface area contributed by atoms with Gasteiger partial charge in [0.1, 0.15) is 11.5 Å². The van der Waals surface area contributed by atoms with Crippen molar-refractivity contribution in [2.75, 3.05) is 13.2 Å². The summed E-state index contributed by atoms with van der Waals surface area (Å²) < 4.78 is 10.8. The molecule has 0 saturated carbocycles. The number of aryl methyl sites for hydroxylation is 2. The minimum atomic E-state index is -0.529. The molecule has 3 aromatic carbocycles. The highest BCUT2D eigenvalue weighted by Crippen LogP contribution is 2.26. The van der Waals surface area contributed by atoms with Gasteiger partial charge in [-0.1, -0.05) is 35.9 Å². The molecule has 3 aromatic rings. The molecular weight excluding hydrogens is 442 g/mol. The molecule has 33 heavy (non-hydrogen) atoms. The number of hydrogen-bond acceptors (Lipinski definition) is 5. The molecule has 0 radical (unpaired) electrons. The lowest BCUT2D eigenvalue weighted by molar-refractivity contribution is -0.136. The molecule has 4 rings (SSSR count). The third kappa shape index (κ3) is 4.91. The van der Waals surface area contributed by atoms with E-state index in [1.807, 2.05) is 13.8 Å². The molecule has 6 nitrogen and oxygen atoms in total. The van der Waals surface area contributed by atoms with Gasteiger partial charge in [-0.05, 0) is 73.4 Å². The number of benzene rings is 3. The molecule has 0 spiro atoms. The van der Waals surface area contributed by atoms with E-state index in [0.29, 0.717) is 34.1 Å². The Balaban J connectivity index is 1.28. The van der Waals surface area contributed by atoms with Crippen LogP contribution in [-0.2, 0) is 11.2 Å². The third-order valence-electron chi connectivity index (χ3n) is 5.42. The Morgan fingerprint density at radius 1 is 0.879 bits per heavy atom. The number of rotatable bonds is 7. The number of ether oxygens (including phenoxy) is 2. The number of esters is 1. The predicted molar refractivity (Wildman–Crippen MR) is 124 cm³/mol. The summed E-state index contributed by atoms with van der Waals surface area (Å²) in [5.74, 6) is -0.134. The second-order valence-electron chi connectivity index (χ2n) is 7.84. The lowest BCUT2D eigenvalue weighted by atomic mass is 10.1. The first-order chi connectivity index (χ1) is 15.8. The molecule has 0 aromatic heterocycles. The quantitative estimate of drug-likeness (QED) is 0.286. The first kappa shape index (κ1) is 22.6. The van der Waals surface area contributed by atoms with E-state index in [1.54, 1.807) is 60.7 Å². The number of fused-ring (bicyclic) bond motifs is 1. The molecule has 0 atom stereocenters. The van der Waals surface area contributed by atoms with Crippen LogP contribution in [0.15, 0.2) is 60.7 Å². The molecule has 1 aliphatic heterocycles. The number of carbonyl (C=O) groups is 3. The van der Waals surface area contributed by atoms with Gasteiger partial charge in [-0.2, -0.15) is 0 Å². The van der Waals surface area contributed by atoms with Crippen molar-refractivity contribution < 1.29 is 23.9 Å². The van der Waals surface area contributed by atoms with Crippen LogP contribution in [0.25, 0.3) is 0 Å². The standard InChI is InChI=1S/C26H22ClNO5/c1-16-13-20(14-17(2)24(16)27)32-15-23(29)33-19-9-7-18(8-10-19)11-12-28-25(30)21-5-3-4-6-22(21)26(28)31/h3-10,13-14H,11-12,15H2,1-2H3. The van der Waals surface area contributed by atoms with Gasteiger partial charge in [0, 0.05) is 11.6 Å². The zero-order valence-electron chi connectivity index (χ0n) is 18.3. The number of carbonyl (C=O) groups excluding carboxylic acids is 3. The maximum absolute atomic E-state index is 12.5. The molecule has 0 unspecified atom stereocenters. The highest BCUT2D eigenvalue weighted by atomic mass is 35.5. The summed E-state index contributed by atoms with van der Waals surface area (Å²) in [5, 5.41) is 0.674. The van der Waals surface area contributed by atoms with E-state index in [0.717, 1.165) is 16.7 Å². The van der Waals surface area contributed by atoms with Gasteiger partial charge >= 0.3 is 5.97 Å². The van der Waals surface area contributed by atoms with Crippen molar-refractivity contribution in [3.8, 4) is 11.5 Å². The zero-order valence-corrected chi connectivity index (χ0v) is 19.0. The highest BCUT2D eigenvalue weighted by Gasteiger charge is 2.34. The molecule has 1 heterocycles.